The summed E-state index contributed by atoms with van der Waals surface area (Å²) in [6, 6.07) is 5.64. The Morgan fingerprint density at radius 2 is 2.00 bits per heavy atom. The fourth-order valence-electron chi connectivity index (χ4n) is 2.26. The molecule has 0 radical (unpaired) electrons. The van der Waals surface area contributed by atoms with E-state index in [1.807, 2.05) is 0 Å². The third kappa shape index (κ3) is 3.50. The summed E-state index contributed by atoms with van der Waals surface area (Å²) in [5, 5.41) is 0. The van der Waals surface area contributed by atoms with Gasteiger partial charge in [-0.3, -0.25) is 4.79 Å². The number of hydrogen-bond acceptors (Lipinski definition) is 4. The first kappa shape index (κ1) is 15.3. The lowest BCUT2D eigenvalue weighted by molar-refractivity contribution is 0.0269. The van der Waals surface area contributed by atoms with Crippen molar-refractivity contribution in [3.05, 3.63) is 29.8 Å². The molecule has 1 aromatic carbocycles. The molecule has 7 heteroatoms. The highest BCUT2D eigenvalue weighted by Gasteiger charge is 2.24. The number of rotatable bonds is 3. The zero-order valence-electron chi connectivity index (χ0n) is 11.1. The molecule has 20 heavy (non-hydrogen) atoms. The molecule has 0 spiro atoms. The van der Waals surface area contributed by atoms with Crippen molar-refractivity contribution in [2.75, 3.05) is 20.2 Å². The lowest BCUT2D eigenvalue weighted by Crippen LogP contribution is -2.42. The lowest BCUT2D eigenvalue weighted by Gasteiger charge is -2.32. The molecule has 1 amide bonds. The van der Waals surface area contributed by atoms with Crippen molar-refractivity contribution in [2.24, 2.45) is 0 Å². The van der Waals surface area contributed by atoms with E-state index in [0.717, 1.165) is 12.8 Å². The molecule has 1 aliphatic heterocycles. The number of amides is 1. The van der Waals surface area contributed by atoms with Crippen LogP contribution in [0.4, 0.5) is 0 Å². The van der Waals surface area contributed by atoms with E-state index in [1.165, 1.54) is 24.3 Å². The number of carbonyl (C=O) groups is 1. The minimum atomic E-state index is -3.76. The van der Waals surface area contributed by atoms with Crippen molar-refractivity contribution in [3.8, 4) is 0 Å². The average molecular weight is 318 g/mol. The Labute approximate surface area is 122 Å². The molecule has 0 N–H and O–H groups in total. The molecule has 1 heterocycles. The summed E-state index contributed by atoms with van der Waals surface area (Å²) in [6.07, 6.45) is 1.91. The van der Waals surface area contributed by atoms with Crippen LogP contribution in [-0.4, -0.2) is 45.5 Å². The Bertz CT molecular complexity index is 585. The molecule has 1 fully saturated rings. The Hall–Kier alpha value is -1.11. The summed E-state index contributed by atoms with van der Waals surface area (Å²) in [5.41, 5.74) is 0.450. The van der Waals surface area contributed by atoms with Gasteiger partial charge in [0.2, 0.25) is 0 Å². The molecular weight excluding hydrogens is 302 g/mol. The van der Waals surface area contributed by atoms with Crippen LogP contribution >= 0.6 is 10.7 Å². The third-order valence-electron chi connectivity index (χ3n) is 3.38. The van der Waals surface area contributed by atoms with Crippen molar-refractivity contribution in [3.63, 3.8) is 0 Å². The highest BCUT2D eigenvalue weighted by atomic mass is 35.7. The van der Waals surface area contributed by atoms with E-state index in [9.17, 15) is 13.2 Å². The van der Waals surface area contributed by atoms with Gasteiger partial charge in [0.15, 0.2) is 0 Å². The van der Waals surface area contributed by atoms with Gasteiger partial charge in [0, 0.05) is 36.4 Å². The normalized spacial score (nSPS) is 19.9. The molecule has 2 rings (SSSR count). The zero-order valence-corrected chi connectivity index (χ0v) is 12.7. The minimum Gasteiger partial charge on any atom is -0.380 e. The highest BCUT2D eigenvalue weighted by molar-refractivity contribution is 8.13. The molecule has 0 aliphatic carbocycles. The predicted molar refractivity (Wildman–Crippen MR) is 75.4 cm³/mol. The van der Waals surface area contributed by atoms with Gasteiger partial charge in [-0.15, -0.1) is 0 Å². The fraction of sp³-hybridized carbons (Fsp3) is 0.462. The van der Waals surface area contributed by atoms with Crippen molar-refractivity contribution < 1.29 is 17.9 Å². The summed E-state index contributed by atoms with van der Waals surface area (Å²) < 4.78 is 27.6. The third-order valence-corrected chi connectivity index (χ3v) is 4.75. The van der Waals surface area contributed by atoms with Crippen LogP contribution < -0.4 is 0 Å². The molecule has 0 saturated carbocycles. The number of hydrogen-bond donors (Lipinski definition) is 0. The van der Waals surface area contributed by atoms with Crippen LogP contribution in [0.2, 0.25) is 0 Å². The number of methoxy groups -OCH3 is 1. The predicted octanol–water partition coefficient (Wildman–Crippen LogP) is 1.87. The van der Waals surface area contributed by atoms with Crippen LogP contribution in [0.15, 0.2) is 29.2 Å². The maximum atomic E-state index is 12.3. The monoisotopic (exact) mass is 317 g/mol. The Kier molecular flexibility index (Phi) is 4.67. The Morgan fingerprint density at radius 3 is 2.55 bits per heavy atom. The van der Waals surface area contributed by atoms with Crippen molar-refractivity contribution in [1.29, 1.82) is 0 Å². The minimum absolute atomic E-state index is 0.0101. The average Bonchev–Trinajstić information content (AvgIpc) is 2.46. The van der Waals surface area contributed by atoms with Gasteiger partial charge < -0.3 is 9.64 Å². The van der Waals surface area contributed by atoms with Gasteiger partial charge in [0.05, 0.1) is 11.0 Å². The van der Waals surface area contributed by atoms with Gasteiger partial charge in [0.25, 0.3) is 15.0 Å². The second-order valence-corrected chi connectivity index (χ2v) is 7.28. The highest BCUT2D eigenvalue weighted by Crippen LogP contribution is 2.18. The molecular formula is C13H16ClNO4S. The number of halogens is 1. The van der Waals surface area contributed by atoms with Crippen LogP contribution in [0.5, 0.6) is 0 Å². The smallest absolute Gasteiger partial charge is 0.261 e. The topological polar surface area (TPSA) is 63.7 Å². The molecule has 1 aliphatic rings. The number of benzene rings is 1. The summed E-state index contributed by atoms with van der Waals surface area (Å²) in [6.45, 7) is 1.25. The van der Waals surface area contributed by atoms with E-state index in [4.69, 9.17) is 15.4 Å². The molecule has 0 aromatic heterocycles. The van der Waals surface area contributed by atoms with E-state index < -0.39 is 9.05 Å². The summed E-state index contributed by atoms with van der Waals surface area (Å²) >= 11 is 0. The van der Waals surface area contributed by atoms with Gasteiger partial charge >= 0.3 is 0 Å². The fourth-order valence-corrected chi connectivity index (χ4v) is 3.03. The standard InChI is InChI=1S/C13H16ClNO4S/c1-19-11-3-2-8-15(9-11)13(16)10-4-6-12(7-5-10)20(14,17)18/h4-7,11H,2-3,8-9H2,1H3. The van der Waals surface area contributed by atoms with Crippen LogP contribution in [-0.2, 0) is 13.8 Å². The van der Waals surface area contributed by atoms with Crippen molar-refractivity contribution in [2.45, 2.75) is 23.8 Å². The van der Waals surface area contributed by atoms with E-state index in [-0.39, 0.29) is 16.9 Å². The maximum Gasteiger partial charge on any atom is 0.261 e. The second kappa shape index (κ2) is 6.11. The molecule has 0 bridgehead atoms. The van der Waals surface area contributed by atoms with Crippen molar-refractivity contribution >= 4 is 25.6 Å². The van der Waals surface area contributed by atoms with E-state index in [2.05, 4.69) is 0 Å². The van der Waals surface area contributed by atoms with Crippen LogP contribution in [0.1, 0.15) is 23.2 Å². The van der Waals surface area contributed by atoms with Crippen LogP contribution in [0.25, 0.3) is 0 Å². The lowest BCUT2D eigenvalue weighted by atomic mass is 10.1. The first-order chi connectivity index (χ1) is 9.41. The van der Waals surface area contributed by atoms with E-state index in [1.54, 1.807) is 12.0 Å². The zero-order chi connectivity index (χ0) is 14.8. The molecule has 1 unspecified atom stereocenters. The summed E-state index contributed by atoms with van der Waals surface area (Å²) in [4.78, 5) is 14.0. The Morgan fingerprint density at radius 1 is 1.35 bits per heavy atom. The molecule has 5 nitrogen and oxygen atoms in total. The van der Waals surface area contributed by atoms with E-state index >= 15 is 0 Å². The van der Waals surface area contributed by atoms with Gasteiger partial charge in [-0.05, 0) is 37.1 Å². The largest absolute Gasteiger partial charge is 0.380 e. The summed E-state index contributed by atoms with van der Waals surface area (Å²) in [5.74, 6) is -0.120. The maximum absolute atomic E-state index is 12.3. The number of nitrogens with zero attached hydrogens (tertiary/aromatic N) is 1. The number of carbonyl (C=O) groups excluding carboxylic acids is 1. The molecule has 1 atom stereocenters. The van der Waals surface area contributed by atoms with Crippen LogP contribution in [0.3, 0.4) is 0 Å². The molecule has 1 saturated heterocycles. The first-order valence-corrected chi connectivity index (χ1v) is 8.59. The molecule has 110 valence electrons. The molecule has 1 aromatic rings. The van der Waals surface area contributed by atoms with Crippen molar-refractivity contribution in [1.82, 2.24) is 4.90 Å². The van der Waals surface area contributed by atoms with Gasteiger partial charge in [-0.25, -0.2) is 8.42 Å². The first-order valence-electron chi connectivity index (χ1n) is 6.28. The van der Waals surface area contributed by atoms with Gasteiger partial charge in [0.1, 0.15) is 0 Å². The number of ether oxygens (including phenoxy) is 1. The quantitative estimate of drug-likeness (QED) is 0.798. The van der Waals surface area contributed by atoms with Gasteiger partial charge in [-0.1, -0.05) is 0 Å². The second-order valence-electron chi connectivity index (χ2n) is 4.71. The summed E-state index contributed by atoms with van der Waals surface area (Å²) in [7, 11) is 3.12. The Balaban J connectivity index is 2.13. The number of piperidine rings is 1. The van der Waals surface area contributed by atoms with E-state index in [0.29, 0.717) is 18.7 Å². The van der Waals surface area contributed by atoms with Crippen LogP contribution in [0, 0.1) is 0 Å². The van der Waals surface area contributed by atoms with Gasteiger partial charge in [-0.2, -0.15) is 0 Å². The number of likely N-dealkylation sites (tertiary alicyclic amines) is 1. The SMILES string of the molecule is COC1CCCN(C(=O)c2ccc(S(=O)(=O)Cl)cc2)C1.